The maximum Gasteiger partial charge on any atom is 0.127 e. The summed E-state index contributed by atoms with van der Waals surface area (Å²) in [6.07, 6.45) is 8.07. The zero-order chi connectivity index (χ0) is 15.1. The third-order valence-electron chi connectivity index (χ3n) is 4.60. The van der Waals surface area contributed by atoms with Crippen LogP contribution in [0, 0.1) is 5.92 Å². The van der Waals surface area contributed by atoms with Crippen LogP contribution < -0.4 is 14.8 Å². The molecule has 0 saturated heterocycles. The Bertz CT molecular complexity index is 405. The number of hydrogen-bond donors (Lipinski definition) is 1. The minimum Gasteiger partial charge on any atom is -0.496 e. The van der Waals surface area contributed by atoms with Crippen molar-refractivity contribution >= 4 is 0 Å². The highest BCUT2D eigenvalue weighted by molar-refractivity contribution is 5.47. The third-order valence-corrected chi connectivity index (χ3v) is 4.60. The predicted octanol–water partition coefficient (Wildman–Crippen LogP) is 4.32. The summed E-state index contributed by atoms with van der Waals surface area (Å²) < 4.78 is 11.1. The zero-order valence-corrected chi connectivity index (χ0v) is 13.7. The van der Waals surface area contributed by atoms with Crippen LogP contribution in [-0.4, -0.2) is 20.8 Å². The summed E-state index contributed by atoms with van der Waals surface area (Å²) in [6, 6.07) is 6.35. The van der Waals surface area contributed by atoms with Gasteiger partial charge in [0, 0.05) is 6.04 Å². The quantitative estimate of drug-likeness (QED) is 0.773. The van der Waals surface area contributed by atoms with E-state index in [9.17, 15) is 0 Å². The Balaban J connectivity index is 2.15. The molecule has 1 N–H and O–H groups in total. The second kappa shape index (κ2) is 8.28. The summed E-state index contributed by atoms with van der Waals surface area (Å²) in [5.74, 6) is 2.75. The van der Waals surface area contributed by atoms with Crippen molar-refractivity contribution in [1.82, 2.24) is 5.32 Å². The zero-order valence-electron chi connectivity index (χ0n) is 13.7. The van der Waals surface area contributed by atoms with Crippen LogP contribution in [0.4, 0.5) is 0 Å². The normalized spacial score (nSPS) is 16.9. The second-order valence-electron chi connectivity index (χ2n) is 5.91. The molecule has 1 fully saturated rings. The van der Waals surface area contributed by atoms with Crippen molar-refractivity contribution in [2.45, 2.75) is 51.5 Å². The highest BCUT2D eigenvalue weighted by atomic mass is 16.5. The summed E-state index contributed by atoms with van der Waals surface area (Å²) in [5, 5.41) is 3.61. The van der Waals surface area contributed by atoms with Crippen LogP contribution in [0.2, 0.25) is 0 Å². The molecular formula is C18H29NO2. The van der Waals surface area contributed by atoms with Gasteiger partial charge in [0.2, 0.25) is 0 Å². The largest absolute Gasteiger partial charge is 0.496 e. The number of ether oxygens (including phenoxy) is 2. The maximum absolute atomic E-state index is 5.57. The van der Waals surface area contributed by atoms with Gasteiger partial charge in [-0.2, -0.15) is 0 Å². The monoisotopic (exact) mass is 291 g/mol. The Morgan fingerprint density at radius 1 is 1.14 bits per heavy atom. The number of methoxy groups -OCH3 is 2. The molecule has 1 unspecified atom stereocenters. The lowest BCUT2D eigenvalue weighted by Crippen LogP contribution is -2.22. The molecule has 1 saturated carbocycles. The van der Waals surface area contributed by atoms with Crippen molar-refractivity contribution in [1.29, 1.82) is 0 Å². The molecule has 1 aromatic rings. The Kier molecular flexibility index (Phi) is 6.37. The fraction of sp³-hybridized carbons (Fsp3) is 0.667. The van der Waals surface area contributed by atoms with E-state index in [1.807, 2.05) is 18.2 Å². The molecule has 2 rings (SSSR count). The summed E-state index contributed by atoms with van der Waals surface area (Å²) in [5.41, 5.74) is 1.17. The lowest BCUT2D eigenvalue weighted by Gasteiger charge is -2.24. The highest BCUT2D eigenvalue weighted by Gasteiger charge is 2.22. The first kappa shape index (κ1) is 16.2. The summed E-state index contributed by atoms with van der Waals surface area (Å²) >= 11 is 0. The lowest BCUT2D eigenvalue weighted by molar-refractivity contribution is 0.355. The number of benzene rings is 1. The molecule has 21 heavy (non-hydrogen) atoms. The Labute approximate surface area is 129 Å². The molecule has 0 radical (unpaired) electrons. The van der Waals surface area contributed by atoms with Crippen molar-refractivity contribution < 1.29 is 9.47 Å². The Morgan fingerprint density at radius 3 is 2.29 bits per heavy atom. The SMILES string of the molecule is CCNC(CCC1CCCC1)c1c(OC)cccc1OC. The molecule has 1 aliphatic rings. The van der Waals surface area contributed by atoms with Gasteiger partial charge < -0.3 is 14.8 Å². The van der Waals surface area contributed by atoms with Crippen molar-refractivity contribution in [2.75, 3.05) is 20.8 Å². The van der Waals surface area contributed by atoms with Gasteiger partial charge in [0.1, 0.15) is 11.5 Å². The summed E-state index contributed by atoms with van der Waals surface area (Å²) in [6.45, 7) is 3.11. The smallest absolute Gasteiger partial charge is 0.127 e. The van der Waals surface area contributed by atoms with E-state index in [2.05, 4.69) is 12.2 Å². The molecule has 1 aromatic carbocycles. The topological polar surface area (TPSA) is 30.5 Å². The first-order valence-electron chi connectivity index (χ1n) is 8.24. The standard InChI is InChI=1S/C18H29NO2/c1-4-19-15(13-12-14-8-5-6-9-14)18-16(20-2)10-7-11-17(18)21-3/h7,10-11,14-15,19H,4-6,8-9,12-13H2,1-3H3. The summed E-state index contributed by atoms with van der Waals surface area (Å²) in [4.78, 5) is 0. The number of hydrogen-bond acceptors (Lipinski definition) is 3. The fourth-order valence-corrected chi connectivity index (χ4v) is 3.52. The van der Waals surface area contributed by atoms with Gasteiger partial charge >= 0.3 is 0 Å². The van der Waals surface area contributed by atoms with Crippen molar-refractivity contribution in [2.24, 2.45) is 5.92 Å². The molecule has 0 aromatic heterocycles. The van der Waals surface area contributed by atoms with Crippen LogP contribution in [0.25, 0.3) is 0 Å². The first-order valence-corrected chi connectivity index (χ1v) is 8.24. The highest BCUT2D eigenvalue weighted by Crippen LogP contribution is 2.38. The van der Waals surface area contributed by atoms with Crippen LogP contribution >= 0.6 is 0 Å². The van der Waals surface area contributed by atoms with Crippen LogP contribution in [0.5, 0.6) is 11.5 Å². The van der Waals surface area contributed by atoms with Crippen LogP contribution in [0.3, 0.4) is 0 Å². The van der Waals surface area contributed by atoms with Gasteiger partial charge in [0.15, 0.2) is 0 Å². The van der Waals surface area contributed by atoms with E-state index in [0.29, 0.717) is 6.04 Å². The van der Waals surface area contributed by atoms with Crippen LogP contribution in [0.15, 0.2) is 18.2 Å². The molecule has 0 heterocycles. The minimum absolute atomic E-state index is 0.307. The Hall–Kier alpha value is -1.22. The molecule has 0 bridgehead atoms. The van der Waals surface area contributed by atoms with E-state index in [0.717, 1.165) is 30.4 Å². The van der Waals surface area contributed by atoms with Gasteiger partial charge in [-0.15, -0.1) is 0 Å². The maximum atomic E-state index is 5.57. The third kappa shape index (κ3) is 4.13. The summed E-state index contributed by atoms with van der Waals surface area (Å²) in [7, 11) is 3.47. The van der Waals surface area contributed by atoms with E-state index in [-0.39, 0.29) is 0 Å². The molecule has 1 aliphatic carbocycles. The van der Waals surface area contributed by atoms with Gasteiger partial charge in [-0.3, -0.25) is 0 Å². The second-order valence-corrected chi connectivity index (χ2v) is 5.91. The fourth-order valence-electron chi connectivity index (χ4n) is 3.52. The molecule has 118 valence electrons. The van der Waals surface area contributed by atoms with Crippen molar-refractivity contribution in [3.8, 4) is 11.5 Å². The van der Waals surface area contributed by atoms with Gasteiger partial charge in [-0.25, -0.2) is 0 Å². The molecule has 1 atom stereocenters. The predicted molar refractivity (Wildman–Crippen MR) is 87.2 cm³/mol. The average Bonchev–Trinajstić information content (AvgIpc) is 3.04. The van der Waals surface area contributed by atoms with Crippen LogP contribution in [-0.2, 0) is 0 Å². The number of rotatable bonds is 8. The molecule has 3 nitrogen and oxygen atoms in total. The lowest BCUT2D eigenvalue weighted by atomic mass is 9.93. The molecule has 3 heteroatoms. The first-order chi connectivity index (χ1) is 10.3. The van der Waals surface area contributed by atoms with E-state index in [1.165, 1.54) is 37.7 Å². The van der Waals surface area contributed by atoms with E-state index in [1.54, 1.807) is 14.2 Å². The van der Waals surface area contributed by atoms with Crippen molar-refractivity contribution in [3.63, 3.8) is 0 Å². The molecule has 0 spiro atoms. The molecule has 0 aliphatic heterocycles. The average molecular weight is 291 g/mol. The van der Waals surface area contributed by atoms with E-state index < -0.39 is 0 Å². The van der Waals surface area contributed by atoms with Gasteiger partial charge in [-0.05, 0) is 37.4 Å². The molecule has 0 amide bonds. The van der Waals surface area contributed by atoms with Gasteiger partial charge in [0.25, 0.3) is 0 Å². The number of nitrogens with one attached hydrogen (secondary N) is 1. The van der Waals surface area contributed by atoms with E-state index >= 15 is 0 Å². The van der Waals surface area contributed by atoms with E-state index in [4.69, 9.17) is 9.47 Å². The Morgan fingerprint density at radius 2 is 1.76 bits per heavy atom. The minimum atomic E-state index is 0.307. The van der Waals surface area contributed by atoms with Crippen molar-refractivity contribution in [3.05, 3.63) is 23.8 Å². The van der Waals surface area contributed by atoms with Gasteiger partial charge in [0.05, 0.1) is 19.8 Å². The molecular weight excluding hydrogens is 262 g/mol. The van der Waals surface area contributed by atoms with Crippen LogP contribution in [0.1, 0.15) is 57.1 Å². The van der Waals surface area contributed by atoms with Gasteiger partial charge in [-0.1, -0.05) is 38.7 Å².